The molecule has 2 heterocycles. The summed E-state index contributed by atoms with van der Waals surface area (Å²) in [6.45, 7) is 12.2. The quantitative estimate of drug-likeness (QED) is 0.573. The topological polar surface area (TPSA) is 55.8 Å². The number of aromatic nitrogens is 1. The highest BCUT2D eigenvalue weighted by molar-refractivity contribution is 5.80. The van der Waals surface area contributed by atoms with Crippen LogP contribution in [0.15, 0.2) is 23.3 Å². The lowest BCUT2D eigenvalue weighted by molar-refractivity contribution is 0.178. The SMILES string of the molecule is CN=C(NCCN(C(C)C)C(C)C)NC1CCN(c2ncccc2F)C1. The minimum absolute atomic E-state index is 0.230. The maximum absolute atomic E-state index is 13.9. The minimum Gasteiger partial charge on any atom is -0.355 e. The van der Waals surface area contributed by atoms with Gasteiger partial charge in [-0.1, -0.05) is 0 Å². The van der Waals surface area contributed by atoms with Crippen LogP contribution in [0.1, 0.15) is 34.1 Å². The maximum Gasteiger partial charge on any atom is 0.191 e. The van der Waals surface area contributed by atoms with Crippen molar-refractivity contribution < 1.29 is 4.39 Å². The largest absolute Gasteiger partial charge is 0.355 e. The molecule has 0 amide bonds. The van der Waals surface area contributed by atoms with Gasteiger partial charge < -0.3 is 15.5 Å². The molecule has 1 aromatic heterocycles. The van der Waals surface area contributed by atoms with Gasteiger partial charge in [0.2, 0.25) is 0 Å². The zero-order valence-electron chi connectivity index (χ0n) is 16.7. The summed E-state index contributed by atoms with van der Waals surface area (Å²) in [5.41, 5.74) is 0. The zero-order valence-corrected chi connectivity index (χ0v) is 16.7. The van der Waals surface area contributed by atoms with Crippen LogP contribution in [-0.4, -0.2) is 67.2 Å². The summed E-state index contributed by atoms with van der Waals surface area (Å²) in [7, 11) is 1.78. The maximum atomic E-state index is 13.9. The van der Waals surface area contributed by atoms with Crippen molar-refractivity contribution in [2.24, 2.45) is 4.99 Å². The highest BCUT2D eigenvalue weighted by atomic mass is 19.1. The van der Waals surface area contributed by atoms with Gasteiger partial charge in [-0.2, -0.15) is 0 Å². The van der Waals surface area contributed by atoms with E-state index < -0.39 is 0 Å². The van der Waals surface area contributed by atoms with Gasteiger partial charge in [-0.25, -0.2) is 9.37 Å². The Kier molecular flexibility index (Phi) is 7.63. The van der Waals surface area contributed by atoms with E-state index in [4.69, 9.17) is 0 Å². The molecule has 2 N–H and O–H groups in total. The fourth-order valence-corrected chi connectivity index (χ4v) is 3.48. The molecule has 0 bridgehead atoms. The monoisotopic (exact) mass is 364 g/mol. The average molecular weight is 365 g/mol. The Balaban J connectivity index is 1.81. The van der Waals surface area contributed by atoms with Crippen molar-refractivity contribution in [2.45, 2.75) is 52.2 Å². The van der Waals surface area contributed by atoms with Crippen LogP contribution in [0, 0.1) is 5.82 Å². The fraction of sp³-hybridized carbons (Fsp3) is 0.684. The third-order valence-electron chi connectivity index (χ3n) is 4.78. The lowest BCUT2D eigenvalue weighted by Crippen LogP contribution is -2.48. The molecule has 1 saturated heterocycles. The number of pyridine rings is 1. The molecule has 1 aliphatic rings. The number of halogens is 1. The first-order valence-electron chi connectivity index (χ1n) is 9.50. The van der Waals surface area contributed by atoms with Gasteiger partial charge in [0.25, 0.3) is 0 Å². The Labute approximate surface area is 156 Å². The second-order valence-electron chi connectivity index (χ2n) is 7.31. The lowest BCUT2D eigenvalue weighted by atomic mass is 10.2. The first-order chi connectivity index (χ1) is 12.4. The summed E-state index contributed by atoms with van der Waals surface area (Å²) < 4.78 is 13.9. The number of aliphatic imine (C=N–C) groups is 1. The van der Waals surface area contributed by atoms with E-state index in [9.17, 15) is 4.39 Å². The Bertz CT molecular complexity index is 581. The molecule has 146 valence electrons. The predicted octanol–water partition coefficient (Wildman–Crippen LogP) is 2.08. The van der Waals surface area contributed by atoms with E-state index in [1.165, 1.54) is 6.07 Å². The van der Waals surface area contributed by atoms with Gasteiger partial charge in [0, 0.05) is 57.5 Å². The van der Waals surface area contributed by atoms with Gasteiger partial charge in [-0.3, -0.25) is 9.89 Å². The molecule has 0 aliphatic carbocycles. The molecule has 1 fully saturated rings. The molecular weight excluding hydrogens is 331 g/mol. The number of rotatable bonds is 7. The normalized spacial score (nSPS) is 18.3. The first kappa shape index (κ1) is 20.4. The van der Waals surface area contributed by atoms with Crippen molar-refractivity contribution in [2.75, 3.05) is 38.1 Å². The fourth-order valence-electron chi connectivity index (χ4n) is 3.48. The van der Waals surface area contributed by atoms with Gasteiger partial charge in [-0.15, -0.1) is 0 Å². The van der Waals surface area contributed by atoms with Crippen LogP contribution in [0.5, 0.6) is 0 Å². The van der Waals surface area contributed by atoms with Crippen molar-refractivity contribution in [1.82, 2.24) is 20.5 Å². The standard InChI is InChI=1S/C19H33FN6/c1-14(2)26(15(3)4)12-10-23-19(21-5)24-16-8-11-25(13-16)18-17(20)7-6-9-22-18/h6-7,9,14-16H,8,10-13H2,1-5H3,(H2,21,23,24). The summed E-state index contributed by atoms with van der Waals surface area (Å²) in [6, 6.07) is 4.34. The summed E-state index contributed by atoms with van der Waals surface area (Å²) >= 11 is 0. The van der Waals surface area contributed by atoms with Gasteiger partial charge in [0.05, 0.1) is 0 Å². The highest BCUT2D eigenvalue weighted by Crippen LogP contribution is 2.20. The third-order valence-corrected chi connectivity index (χ3v) is 4.78. The number of nitrogens with one attached hydrogen (secondary N) is 2. The molecule has 26 heavy (non-hydrogen) atoms. The molecule has 1 atom stereocenters. The summed E-state index contributed by atoms with van der Waals surface area (Å²) in [6.07, 6.45) is 2.57. The average Bonchev–Trinajstić information content (AvgIpc) is 3.05. The molecular formula is C19H33FN6. The molecule has 0 saturated carbocycles. The van der Waals surface area contributed by atoms with E-state index in [0.29, 0.717) is 17.9 Å². The van der Waals surface area contributed by atoms with Crippen molar-refractivity contribution in [3.05, 3.63) is 24.1 Å². The molecule has 6 nitrogen and oxygen atoms in total. The molecule has 2 rings (SSSR count). The van der Waals surface area contributed by atoms with Gasteiger partial charge in [0.15, 0.2) is 17.6 Å². The smallest absolute Gasteiger partial charge is 0.191 e. The Morgan fingerprint density at radius 1 is 1.38 bits per heavy atom. The van der Waals surface area contributed by atoms with Crippen molar-refractivity contribution in [3.8, 4) is 0 Å². The van der Waals surface area contributed by atoms with Gasteiger partial charge in [-0.05, 0) is 46.2 Å². The van der Waals surface area contributed by atoms with Crippen LogP contribution in [-0.2, 0) is 0 Å². The molecule has 1 aromatic rings. The Hall–Kier alpha value is -1.89. The third kappa shape index (κ3) is 5.56. The lowest BCUT2D eigenvalue weighted by Gasteiger charge is -2.30. The first-order valence-corrected chi connectivity index (χ1v) is 9.50. The van der Waals surface area contributed by atoms with Gasteiger partial charge >= 0.3 is 0 Å². The number of anilines is 1. The van der Waals surface area contributed by atoms with Crippen LogP contribution >= 0.6 is 0 Å². The number of hydrogen-bond acceptors (Lipinski definition) is 4. The van der Waals surface area contributed by atoms with Crippen LogP contribution in [0.4, 0.5) is 10.2 Å². The number of nitrogens with zero attached hydrogens (tertiary/aromatic N) is 4. The molecule has 0 spiro atoms. The van der Waals surface area contributed by atoms with Crippen molar-refractivity contribution in [3.63, 3.8) is 0 Å². The predicted molar refractivity (Wildman–Crippen MR) is 106 cm³/mol. The highest BCUT2D eigenvalue weighted by Gasteiger charge is 2.26. The summed E-state index contributed by atoms with van der Waals surface area (Å²) in [4.78, 5) is 12.9. The molecule has 1 unspecified atom stereocenters. The number of guanidine groups is 1. The van der Waals surface area contributed by atoms with E-state index >= 15 is 0 Å². The molecule has 1 aliphatic heterocycles. The van der Waals surface area contributed by atoms with Gasteiger partial charge in [0.1, 0.15) is 0 Å². The van der Waals surface area contributed by atoms with E-state index in [0.717, 1.165) is 38.6 Å². The Morgan fingerprint density at radius 2 is 2.12 bits per heavy atom. The van der Waals surface area contributed by atoms with E-state index in [1.807, 2.05) is 4.90 Å². The van der Waals surface area contributed by atoms with E-state index in [2.05, 4.69) is 53.2 Å². The summed E-state index contributed by atoms with van der Waals surface area (Å²) in [5, 5.41) is 6.84. The zero-order chi connectivity index (χ0) is 19.1. The number of hydrogen-bond donors (Lipinski definition) is 2. The van der Waals surface area contributed by atoms with Crippen molar-refractivity contribution >= 4 is 11.8 Å². The molecule has 0 aromatic carbocycles. The molecule has 7 heteroatoms. The van der Waals surface area contributed by atoms with Crippen LogP contribution in [0.3, 0.4) is 0 Å². The van der Waals surface area contributed by atoms with Crippen LogP contribution < -0.4 is 15.5 Å². The second kappa shape index (κ2) is 9.71. The van der Waals surface area contributed by atoms with Crippen molar-refractivity contribution in [1.29, 1.82) is 0 Å². The van der Waals surface area contributed by atoms with E-state index in [1.54, 1.807) is 19.3 Å². The molecule has 0 radical (unpaired) electrons. The van der Waals surface area contributed by atoms with E-state index in [-0.39, 0.29) is 11.9 Å². The minimum atomic E-state index is -0.266. The Morgan fingerprint density at radius 3 is 2.73 bits per heavy atom. The second-order valence-corrected chi connectivity index (χ2v) is 7.31. The summed E-state index contributed by atoms with van der Waals surface area (Å²) in [5.74, 6) is 0.966. The van der Waals surface area contributed by atoms with Crippen LogP contribution in [0.25, 0.3) is 0 Å². The van der Waals surface area contributed by atoms with Crippen LogP contribution in [0.2, 0.25) is 0 Å².